The molecule has 4 heteroatoms. The molecule has 0 aromatic heterocycles. The molecule has 0 atom stereocenters. The number of Topliss-reactive ketones (excluding diaryl/α,β-unsaturated/α-hetero) is 2. The molecule has 0 aliphatic carbocycles. The quantitative estimate of drug-likeness (QED) is 0.350. The Hall–Kier alpha value is -0.480. The van der Waals surface area contributed by atoms with Gasteiger partial charge in [0, 0.05) is 5.56 Å². The summed E-state index contributed by atoms with van der Waals surface area (Å²) in [5, 5.41) is 8.93. The fraction of sp³-hybridized carbons (Fsp3) is 0.333. The zero-order valence-electron chi connectivity index (χ0n) is 10.0. The van der Waals surface area contributed by atoms with E-state index in [1.54, 1.807) is 31.2 Å². The van der Waals surface area contributed by atoms with E-state index in [0.29, 0.717) is 5.56 Å². The second-order valence-corrected chi connectivity index (χ2v) is 2.96. The third-order valence-electron chi connectivity index (χ3n) is 1.51. The molecule has 0 heterocycles. The van der Waals surface area contributed by atoms with E-state index in [4.69, 9.17) is 5.11 Å². The van der Waals surface area contributed by atoms with Gasteiger partial charge in [0.25, 0.3) is 0 Å². The van der Waals surface area contributed by atoms with Crippen molar-refractivity contribution in [3.8, 4) is 0 Å². The van der Waals surface area contributed by atoms with Crippen LogP contribution in [0.15, 0.2) is 30.3 Å². The van der Waals surface area contributed by atoms with Gasteiger partial charge in [-0.3, -0.25) is 9.59 Å². The summed E-state index contributed by atoms with van der Waals surface area (Å²) in [6, 6.07) is 8.84. The van der Waals surface area contributed by atoms with E-state index in [0.717, 1.165) is 0 Å². The van der Waals surface area contributed by atoms with E-state index >= 15 is 0 Å². The van der Waals surface area contributed by atoms with Gasteiger partial charge < -0.3 is 5.11 Å². The number of carbonyl (C=O) groups is 2. The Morgan fingerprint density at radius 3 is 2.00 bits per heavy atom. The Labute approximate surface area is 118 Å². The van der Waals surface area contributed by atoms with E-state index in [-0.39, 0.29) is 54.2 Å². The van der Waals surface area contributed by atoms with Gasteiger partial charge in [-0.15, -0.1) is 6.61 Å². The number of hydrogen-bond donors (Lipinski definition) is 0. The molecule has 0 spiro atoms. The molecule has 0 aliphatic heterocycles. The average Bonchev–Trinajstić information content (AvgIpc) is 2.19. The monoisotopic (exact) mass is 230 g/mol. The molecule has 1 aromatic rings. The van der Waals surface area contributed by atoms with Gasteiger partial charge in [0.15, 0.2) is 5.78 Å². The van der Waals surface area contributed by atoms with Crippen molar-refractivity contribution in [2.75, 3.05) is 6.61 Å². The maximum atomic E-state index is 11.2. The summed E-state index contributed by atoms with van der Waals surface area (Å²) >= 11 is 0. The van der Waals surface area contributed by atoms with Crippen LogP contribution in [0.1, 0.15) is 30.6 Å². The number of hydrogen-bond acceptors (Lipinski definition) is 3. The second-order valence-electron chi connectivity index (χ2n) is 2.96. The molecule has 1 rings (SSSR count). The van der Waals surface area contributed by atoms with Crippen LogP contribution >= 0.6 is 0 Å². The van der Waals surface area contributed by atoms with E-state index in [1.165, 1.54) is 6.92 Å². The van der Waals surface area contributed by atoms with Gasteiger partial charge >= 0.3 is 29.6 Å². The number of rotatable bonds is 3. The first-order valence-corrected chi connectivity index (χ1v) is 4.77. The first-order chi connectivity index (χ1) is 7.11. The summed E-state index contributed by atoms with van der Waals surface area (Å²) in [6.45, 7) is 2.99. The van der Waals surface area contributed by atoms with Gasteiger partial charge in [0.2, 0.25) is 0 Å². The summed E-state index contributed by atoms with van der Waals surface area (Å²) in [5.41, 5.74) is 0.604. The molecule has 16 heavy (non-hydrogen) atoms. The Morgan fingerprint density at radius 2 is 1.62 bits per heavy atom. The van der Waals surface area contributed by atoms with Crippen molar-refractivity contribution in [3.05, 3.63) is 35.9 Å². The molecule has 0 saturated carbocycles. The van der Waals surface area contributed by atoms with Gasteiger partial charge in [-0.2, -0.15) is 0 Å². The fourth-order valence-corrected chi connectivity index (χ4v) is 0.952. The Morgan fingerprint density at radius 1 is 1.19 bits per heavy atom. The van der Waals surface area contributed by atoms with Gasteiger partial charge in [0.1, 0.15) is 5.78 Å². The Balaban J connectivity index is 0. The van der Waals surface area contributed by atoms with Crippen molar-refractivity contribution in [2.24, 2.45) is 0 Å². The van der Waals surface area contributed by atoms with Gasteiger partial charge in [-0.1, -0.05) is 37.3 Å². The van der Waals surface area contributed by atoms with Crippen LogP contribution in [0.2, 0.25) is 0 Å². The minimum Gasteiger partial charge on any atom is -0.855 e. The molecule has 0 saturated heterocycles. The standard InChI is InChI=1S/C10H10O2.C2H5O.Na/c1-8(11)7-10(12)9-5-3-2-4-6-9;1-2-3;/h2-6H,7H2,1H3;2H2,1H3;/q;-1;+1. The summed E-state index contributed by atoms with van der Waals surface area (Å²) in [6.07, 6.45) is 0.00398. The molecule has 3 nitrogen and oxygen atoms in total. The maximum Gasteiger partial charge on any atom is 1.00 e. The van der Waals surface area contributed by atoms with Crippen molar-refractivity contribution < 1.29 is 44.3 Å². The summed E-state index contributed by atoms with van der Waals surface area (Å²) < 4.78 is 0. The van der Waals surface area contributed by atoms with Crippen molar-refractivity contribution in [2.45, 2.75) is 20.3 Å². The van der Waals surface area contributed by atoms with Crippen LogP contribution in [0.25, 0.3) is 0 Å². The maximum absolute atomic E-state index is 11.2. The first-order valence-electron chi connectivity index (χ1n) is 4.77. The third-order valence-corrected chi connectivity index (χ3v) is 1.51. The van der Waals surface area contributed by atoms with Crippen LogP contribution in [-0.4, -0.2) is 18.2 Å². The molecular weight excluding hydrogens is 215 g/mol. The minimum absolute atomic E-state index is 0. The number of ketones is 2. The molecule has 0 bridgehead atoms. The fourth-order valence-electron chi connectivity index (χ4n) is 0.952. The van der Waals surface area contributed by atoms with Crippen LogP contribution in [0.5, 0.6) is 0 Å². The summed E-state index contributed by atoms with van der Waals surface area (Å²) in [7, 11) is 0. The predicted molar refractivity (Wildman–Crippen MR) is 56.6 cm³/mol. The van der Waals surface area contributed by atoms with Gasteiger partial charge in [0.05, 0.1) is 6.42 Å². The molecule has 0 aliphatic rings. The minimum atomic E-state index is -0.108. The molecule has 1 aromatic carbocycles. The predicted octanol–water partition coefficient (Wildman–Crippen LogP) is -1.78. The molecule has 0 amide bonds. The van der Waals surface area contributed by atoms with Gasteiger partial charge in [-0.05, 0) is 6.92 Å². The molecule has 0 unspecified atom stereocenters. The van der Waals surface area contributed by atoms with E-state index in [2.05, 4.69) is 0 Å². The smallest absolute Gasteiger partial charge is 0.855 e. The van der Waals surface area contributed by atoms with Crippen LogP contribution in [0, 0.1) is 0 Å². The molecular formula is C12H15NaO3. The van der Waals surface area contributed by atoms with E-state index in [9.17, 15) is 9.59 Å². The molecule has 82 valence electrons. The third kappa shape index (κ3) is 8.80. The Bertz CT molecular complexity index is 309. The van der Waals surface area contributed by atoms with Gasteiger partial charge in [-0.25, -0.2) is 0 Å². The number of carbonyl (C=O) groups excluding carboxylic acids is 2. The molecule has 0 N–H and O–H groups in total. The van der Waals surface area contributed by atoms with Crippen LogP contribution < -0.4 is 34.7 Å². The van der Waals surface area contributed by atoms with Crippen molar-refractivity contribution in [1.82, 2.24) is 0 Å². The van der Waals surface area contributed by atoms with Crippen molar-refractivity contribution >= 4 is 11.6 Å². The first kappa shape index (κ1) is 17.9. The zero-order chi connectivity index (χ0) is 11.7. The number of benzene rings is 1. The molecule has 0 radical (unpaired) electrons. The van der Waals surface area contributed by atoms with Crippen molar-refractivity contribution in [3.63, 3.8) is 0 Å². The second kappa shape index (κ2) is 11.0. The largest absolute Gasteiger partial charge is 1.00 e. The van der Waals surface area contributed by atoms with Crippen molar-refractivity contribution in [1.29, 1.82) is 0 Å². The summed E-state index contributed by atoms with van der Waals surface area (Å²) in [4.78, 5) is 21.8. The normalized spacial score (nSPS) is 8.19. The SMILES string of the molecule is CC(=O)CC(=O)c1ccccc1.CC[O-].[Na+]. The van der Waals surface area contributed by atoms with Crippen LogP contribution in [-0.2, 0) is 4.79 Å². The summed E-state index contributed by atoms with van der Waals surface area (Å²) in [5.74, 6) is -0.202. The van der Waals surface area contributed by atoms with Crippen LogP contribution in [0.4, 0.5) is 0 Å². The molecule has 0 fully saturated rings. The van der Waals surface area contributed by atoms with Crippen LogP contribution in [0.3, 0.4) is 0 Å². The topological polar surface area (TPSA) is 57.2 Å². The average molecular weight is 230 g/mol. The van der Waals surface area contributed by atoms with E-state index in [1.807, 2.05) is 6.07 Å². The zero-order valence-corrected chi connectivity index (χ0v) is 12.0. The Kier molecular flexibility index (Phi) is 12.3. The van der Waals surface area contributed by atoms with E-state index < -0.39 is 0 Å².